The normalized spacial score (nSPS) is 16.4. The summed E-state index contributed by atoms with van der Waals surface area (Å²) in [6.07, 6.45) is 3.70. The molecule has 0 radical (unpaired) electrons. The van der Waals surface area contributed by atoms with Crippen molar-refractivity contribution >= 4 is 23.5 Å². The molecule has 106 valence electrons. The zero-order valence-electron chi connectivity index (χ0n) is 11.6. The Balaban J connectivity index is 2.11. The van der Waals surface area contributed by atoms with Crippen LogP contribution in [0.5, 0.6) is 0 Å². The van der Waals surface area contributed by atoms with Crippen LogP contribution >= 0.6 is 11.6 Å². The van der Waals surface area contributed by atoms with Crippen LogP contribution < -0.4 is 10.3 Å². The molecule has 0 aromatic carbocycles. The third kappa shape index (κ3) is 3.91. The van der Waals surface area contributed by atoms with Crippen LogP contribution in [-0.4, -0.2) is 46.1 Å². The molecule has 19 heavy (non-hydrogen) atoms. The molecule has 6 nitrogen and oxygen atoms in total. The number of rotatable bonds is 5. The molecule has 0 atom stereocenters. The van der Waals surface area contributed by atoms with Crippen molar-refractivity contribution < 1.29 is 0 Å². The maximum atomic E-state index is 5.98. The maximum Gasteiger partial charge on any atom is 0.243 e. The molecular formula is C12H21ClN6. The second-order valence-corrected chi connectivity index (χ2v) is 4.90. The van der Waals surface area contributed by atoms with E-state index in [9.17, 15) is 0 Å². The molecule has 1 N–H and O–H groups in total. The van der Waals surface area contributed by atoms with Gasteiger partial charge in [0.2, 0.25) is 17.2 Å². The molecule has 1 aromatic rings. The van der Waals surface area contributed by atoms with Crippen LogP contribution in [0.3, 0.4) is 0 Å². The summed E-state index contributed by atoms with van der Waals surface area (Å²) in [5, 5.41) is 2.37. The van der Waals surface area contributed by atoms with Gasteiger partial charge in [-0.1, -0.05) is 6.42 Å². The molecule has 0 bridgehead atoms. The number of nitrogens with one attached hydrogen (secondary N) is 1. The van der Waals surface area contributed by atoms with Crippen molar-refractivity contribution in [3.63, 3.8) is 0 Å². The van der Waals surface area contributed by atoms with E-state index >= 15 is 0 Å². The van der Waals surface area contributed by atoms with E-state index in [1.807, 2.05) is 0 Å². The molecule has 2 heterocycles. The van der Waals surface area contributed by atoms with Crippen molar-refractivity contribution in [1.29, 1.82) is 0 Å². The van der Waals surface area contributed by atoms with Gasteiger partial charge in [0.25, 0.3) is 0 Å². The van der Waals surface area contributed by atoms with E-state index in [4.69, 9.17) is 11.6 Å². The van der Waals surface area contributed by atoms with Crippen LogP contribution in [-0.2, 0) is 0 Å². The average Bonchev–Trinajstić information content (AvgIpc) is 2.40. The Morgan fingerprint density at radius 3 is 2.42 bits per heavy atom. The predicted molar refractivity (Wildman–Crippen MR) is 77.4 cm³/mol. The van der Waals surface area contributed by atoms with E-state index in [1.165, 1.54) is 19.3 Å². The first-order chi connectivity index (χ1) is 9.22. The summed E-state index contributed by atoms with van der Waals surface area (Å²) in [5.74, 6) is 1.16. The summed E-state index contributed by atoms with van der Waals surface area (Å²) in [7, 11) is 0. The molecule has 0 amide bonds. The first-order valence-electron chi connectivity index (χ1n) is 6.91. The minimum atomic E-state index is 0.233. The van der Waals surface area contributed by atoms with Gasteiger partial charge in [0.05, 0.1) is 0 Å². The zero-order chi connectivity index (χ0) is 13.7. The van der Waals surface area contributed by atoms with Gasteiger partial charge in [-0.05, 0) is 38.3 Å². The lowest BCUT2D eigenvalue weighted by molar-refractivity contribution is 0.271. The van der Waals surface area contributed by atoms with Crippen LogP contribution in [0.2, 0.25) is 5.28 Å². The molecule has 1 saturated heterocycles. The zero-order valence-corrected chi connectivity index (χ0v) is 12.3. The summed E-state index contributed by atoms with van der Waals surface area (Å²) in [6, 6.07) is 0. The summed E-state index contributed by atoms with van der Waals surface area (Å²) in [6.45, 7) is 7.87. The van der Waals surface area contributed by atoms with E-state index in [-0.39, 0.29) is 5.28 Å². The second kappa shape index (κ2) is 6.86. The topological polar surface area (TPSA) is 57.2 Å². The number of hydrogen-bond donors (Lipinski definition) is 1. The molecule has 2 rings (SSSR count). The van der Waals surface area contributed by atoms with Gasteiger partial charge < -0.3 is 4.90 Å². The van der Waals surface area contributed by atoms with Gasteiger partial charge in [0.15, 0.2) is 0 Å². The van der Waals surface area contributed by atoms with Crippen LogP contribution in [0.4, 0.5) is 11.9 Å². The SMILES string of the molecule is CCN(CC)c1nc(Cl)nc(NN2CCCCC2)n1. The van der Waals surface area contributed by atoms with Crippen molar-refractivity contribution in [3.8, 4) is 0 Å². The van der Waals surface area contributed by atoms with Gasteiger partial charge in [-0.25, -0.2) is 5.01 Å². The molecule has 0 spiro atoms. The van der Waals surface area contributed by atoms with Crippen LogP contribution in [0, 0.1) is 0 Å². The van der Waals surface area contributed by atoms with Gasteiger partial charge in [-0.2, -0.15) is 15.0 Å². The van der Waals surface area contributed by atoms with Crippen molar-refractivity contribution in [2.45, 2.75) is 33.1 Å². The fourth-order valence-electron chi connectivity index (χ4n) is 2.18. The third-order valence-corrected chi connectivity index (χ3v) is 3.43. The minimum absolute atomic E-state index is 0.233. The number of nitrogens with zero attached hydrogens (tertiary/aromatic N) is 5. The fourth-order valence-corrected chi connectivity index (χ4v) is 2.34. The molecule has 0 unspecified atom stereocenters. The molecule has 1 fully saturated rings. The van der Waals surface area contributed by atoms with Crippen LogP contribution in [0.15, 0.2) is 0 Å². The molecule has 1 aromatic heterocycles. The van der Waals surface area contributed by atoms with Crippen molar-refractivity contribution in [3.05, 3.63) is 5.28 Å². The minimum Gasteiger partial charge on any atom is -0.341 e. The maximum absolute atomic E-state index is 5.98. The monoisotopic (exact) mass is 284 g/mol. The number of hydrogen-bond acceptors (Lipinski definition) is 6. The Bertz CT molecular complexity index is 403. The van der Waals surface area contributed by atoms with E-state index in [0.717, 1.165) is 26.2 Å². The summed E-state index contributed by atoms with van der Waals surface area (Å²) < 4.78 is 0. The number of aromatic nitrogens is 3. The second-order valence-electron chi connectivity index (χ2n) is 4.56. The Morgan fingerprint density at radius 1 is 1.11 bits per heavy atom. The number of anilines is 2. The number of hydrazine groups is 1. The van der Waals surface area contributed by atoms with Gasteiger partial charge in [0.1, 0.15) is 0 Å². The first-order valence-corrected chi connectivity index (χ1v) is 7.28. The van der Waals surface area contributed by atoms with Gasteiger partial charge >= 0.3 is 0 Å². The highest BCUT2D eigenvalue weighted by Crippen LogP contribution is 2.15. The van der Waals surface area contributed by atoms with Crippen LogP contribution in [0.25, 0.3) is 0 Å². The van der Waals surface area contributed by atoms with Crippen molar-refractivity contribution in [2.75, 3.05) is 36.5 Å². The molecular weight excluding hydrogens is 264 g/mol. The van der Waals surface area contributed by atoms with Crippen LogP contribution in [0.1, 0.15) is 33.1 Å². The smallest absolute Gasteiger partial charge is 0.243 e. The number of halogens is 1. The van der Waals surface area contributed by atoms with Gasteiger partial charge in [-0.15, -0.1) is 0 Å². The quantitative estimate of drug-likeness (QED) is 0.894. The Morgan fingerprint density at radius 2 is 1.79 bits per heavy atom. The largest absolute Gasteiger partial charge is 0.341 e. The highest BCUT2D eigenvalue weighted by molar-refractivity contribution is 6.28. The molecule has 1 aliphatic rings. The highest BCUT2D eigenvalue weighted by Gasteiger charge is 2.14. The number of piperidine rings is 1. The lowest BCUT2D eigenvalue weighted by Crippen LogP contribution is -2.36. The molecule has 1 aliphatic heterocycles. The lowest BCUT2D eigenvalue weighted by Gasteiger charge is -2.27. The average molecular weight is 285 g/mol. The van der Waals surface area contributed by atoms with Crippen molar-refractivity contribution in [1.82, 2.24) is 20.0 Å². The van der Waals surface area contributed by atoms with Gasteiger partial charge in [-0.3, -0.25) is 5.43 Å². The standard InChI is InChI=1S/C12H21ClN6/c1-3-18(4-2)12-15-10(13)14-11(16-12)17-19-8-6-5-7-9-19/h3-9H2,1-2H3,(H,14,15,16,17). The lowest BCUT2D eigenvalue weighted by atomic mass is 10.2. The van der Waals surface area contributed by atoms with E-state index in [1.54, 1.807) is 0 Å². The first kappa shape index (κ1) is 14.3. The Labute approximate surface area is 119 Å². The van der Waals surface area contributed by atoms with Gasteiger partial charge in [0, 0.05) is 26.2 Å². The summed E-state index contributed by atoms with van der Waals surface area (Å²) in [5.41, 5.74) is 3.23. The summed E-state index contributed by atoms with van der Waals surface area (Å²) in [4.78, 5) is 14.8. The molecule has 0 saturated carbocycles. The Hall–Kier alpha value is -1.14. The third-order valence-electron chi connectivity index (χ3n) is 3.26. The van der Waals surface area contributed by atoms with E-state index in [2.05, 4.69) is 44.1 Å². The highest BCUT2D eigenvalue weighted by atomic mass is 35.5. The fraction of sp³-hybridized carbons (Fsp3) is 0.750. The Kier molecular flexibility index (Phi) is 5.15. The van der Waals surface area contributed by atoms with E-state index < -0.39 is 0 Å². The summed E-state index contributed by atoms with van der Waals surface area (Å²) >= 11 is 5.98. The predicted octanol–water partition coefficient (Wildman–Crippen LogP) is 2.18. The van der Waals surface area contributed by atoms with Crippen molar-refractivity contribution in [2.24, 2.45) is 0 Å². The van der Waals surface area contributed by atoms with E-state index in [0.29, 0.717) is 11.9 Å². The molecule has 0 aliphatic carbocycles. The molecule has 7 heteroatoms.